The molecule has 2 aromatic carbocycles. The smallest absolute Gasteiger partial charge is 0.206 e. The molecule has 0 aliphatic heterocycles. The largest absolute Gasteiger partial charge is 0.382 e. The number of anilines is 2. The number of halogens is 1. The summed E-state index contributed by atoms with van der Waals surface area (Å²) in [5.74, 6) is -0.461. The normalized spacial score (nSPS) is 10.5. The van der Waals surface area contributed by atoms with Crippen LogP contribution in [0.5, 0.6) is 0 Å². The standard InChI is InChI=1S/C17H14FN3OS/c18-13-8-6-12(7-9-13)14(22)15-16(19)21-17(23-15)20-10-11-4-2-1-3-5-11/h1-9H,10,19H2,(H,20,21). The molecule has 0 saturated carbocycles. The highest BCUT2D eigenvalue weighted by atomic mass is 32.1. The first-order valence-electron chi connectivity index (χ1n) is 6.98. The highest BCUT2D eigenvalue weighted by molar-refractivity contribution is 7.18. The van der Waals surface area contributed by atoms with E-state index in [1.54, 1.807) is 0 Å². The Bertz CT molecular complexity index is 816. The van der Waals surface area contributed by atoms with Gasteiger partial charge in [0, 0.05) is 12.1 Å². The minimum atomic E-state index is -0.385. The third-order valence-corrected chi connectivity index (χ3v) is 4.28. The predicted molar refractivity (Wildman–Crippen MR) is 90.1 cm³/mol. The van der Waals surface area contributed by atoms with Gasteiger partial charge in [-0.3, -0.25) is 4.79 Å². The van der Waals surface area contributed by atoms with E-state index < -0.39 is 0 Å². The van der Waals surface area contributed by atoms with Crippen LogP contribution >= 0.6 is 11.3 Å². The Morgan fingerprint density at radius 3 is 2.52 bits per heavy atom. The van der Waals surface area contributed by atoms with Gasteiger partial charge in [-0.2, -0.15) is 0 Å². The number of nitrogens with two attached hydrogens (primary N) is 1. The Labute approximate surface area is 136 Å². The van der Waals surface area contributed by atoms with Crippen LogP contribution in [0.2, 0.25) is 0 Å². The van der Waals surface area contributed by atoms with Gasteiger partial charge in [0.1, 0.15) is 16.5 Å². The van der Waals surface area contributed by atoms with Crippen LogP contribution in [0.3, 0.4) is 0 Å². The van der Waals surface area contributed by atoms with Gasteiger partial charge in [0.25, 0.3) is 0 Å². The van der Waals surface area contributed by atoms with Gasteiger partial charge in [0.05, 0.1) is 0 Å². The molecular formula is C17H14FN3OS. The number of hydrogen-bond donors (Lipinski definition) is 2. The predicted octanol–water partition coefficient (Wildman–Crippen LogP) is 3.71. The van der Waals surface area contributed by atoms with E-state index in [2.05, 4.69) is 10.3 Å². The van der Waals surface area contributed by atoms with Crippen molar-refractivity contribution in [1.82, 2.24) is 4.98 Å². The summed E-state index contributed by atoms with van der Waals surface area (Å²) >= 11 is 1.20. The van der Waals surface area contributed by atoms with Crippen LogP contribution in [0.4, 0.5) is 15.3 Å². The second-order valence-corrected chi connectivity index (χ2v) is 5.91. The van der Waals surface area contributed by atoms with Gasteiger partial charge < -0.3 is 11.1 Å². The number of ketones is 1. The van der Waals surface area contributed by atoms with Crippen molar-refractivity contribution in [1.29, 1.82) is 0 Å². The van der Waals surface area contributed by atoms with Crippen LogP contribution < -0.4 is 11.1 Å². The molecular weight excluding hydrogens is 313 g/mol. The number of hydrogen-bond acceptors (Lipinski definition) is 5. The summed E-state index contributed by atoms with van der Waals surface area (Å²) in [6.45, 7) is 0.595. The molecule has 3 N–H and O–H groups in total. The second kappa shape index (κ2) is 6.58. The lowest BCUT2D eigenvalue weighted by Crippen LogP contribution is -2.02. The molecule has 1 heterocycles. The highest BCUT2D eigenvalue weighted by Crippen LogP contribution is 2.27. The molecule has 4 nitrogen and oxygen atoms in total. The van der Waals surface area contributed by atoms with Crippen LogP contribution in [-0.2, 0) is 6.54 Å². The summed E-state index contributed by atoms with van der Waals surface area (Å²) < 4.78 is 12.9. The van der Waals surface area contributed by atoms with Crippen LogP contribution in [0.1, 0.15) is 20.8 Å². The van der Waals surface area contributed by atoms with Crippen LogP contribution in [-0.4, -0.2) is 10.8 Å². The fourth-order valence-electron chi connectivity index (χ4n) is 2.08. The van der Waals surface area contributed by atoms with Gasteiger partial charge in [0.15, 0.2) is 5.13 Å². The third-order valence-electron chi connectivity index (χ3n) is 3.25. The van der Waals surface area contributed by atoms with Crippen molar-refractivity contribution in [3.8, 4) is 0 Å². The molecule has 0 aliphatic rings. The number of carbonyl (C=O) groups is 1. The quantitative estimate of drug-likeness (QED) is 0.701. The molecule has 0 amide bonds. The molecule has 0 aliphatic carbocycles. The minimum absolute atomic E-state index is 0.180. The summed E-state index contributed by atoms with van der Waals surface area (Å²) in [5, 5.41) is 3.73. The topological polar surface area (TPSA) is 68.0 Å². The molecule has 0 atom stereocenters. The Morgan fingerprint density at radius 2 is 1.83 bits per heavy atom. The molecule has 0 unspecified atom stereocenters. The van der Waals surface area contributed by atoms with E-state index in [1.165, 1.54) is 35.6 Å². The maximum Gasteiger partial charge on any atom is 0.206 e. The molecule has 0 bridgehead atoms. The van der Waals surface area contributed by atoms with Gasteiger partial charge in [-0.25, -0.2) is 9.37 Å². The van der Waals surface area contributed by atoms with Gasteiger partial charge in [-0.15, -0.1) is 0 Å². The third kappa shape index (κ3) is 3.54. The van der Waals surface area contributed by atoms with Crippen LogP contribution in [0, 0.1) is 5.82 Å². The average Bonchev–Trinajstić information content (AvgIpc) is 2.95. The molecule has 0 radical (unpaired) electrons. The minimum Gasteiger partial charge on any atom is -0.382 e. The van der Waals surface area contributed by atoms with Gasteiger partial charge in [-0.1, -0.05) is 41.7 Å². The molecule has 0 saturated heterocycles. The summed E-state index contributed by atoms with van der Waals surface area (Å²) in [5.41, 5.74) is 7.33. The first kappa shape index (κ1) is 15.2. The first-order chi connectivity index (χ1) is 11.1. The Hall–Kier alpha value is -2.73. The first-order valence-corrected chi connectivity index (χ1v) is 7.79. The van der Waals surface area contributed by atoms with E-state index in [-0.39, 0.29) is 17.4 Å². The number of nitrogens with one attached hydrogen (secondary N) is 1. The number of carbonyl (C=O) groups excluding carboxylic acids is 1. The van der Waals surface area contributed by atoms with Crippen molar-refractivity contribution < 1.29 is 9.18 Å². The average molecular weight is 327 g/mol. The van der Waals surface area contributed by atoms with E-state index in [9.17, 15) is 9.18 Å². The van der Waals surface area contributed by atoms with E-state index in [0.29, 0.717) is 22.1 Å². The van der Waals surface area contributed by atoms with E-state index in [1.807, 2.05) is 30.3 Å². The Balaban J connectivity index is 1.75. The van der Waals surface area contributed by atoms with Gasteiger partial charge in [0.2, 0.25) is 5.78 Å². The zero-order chi connectivity index (χ0) is 16.2. The molecule has 3 rings (SSSR count). The monoisotopic (exact) mass is 327 g/mol. The lowest BCUT2D eigenvalue weighted by atomic mass is 10.1. The van der Waals surface area contributed by atoms with Crippen molar-refractivity contribution >= 4 is 28.1 Å². The summed E-state index contributed by atoms with van der Waals surface area (Å²) in [6, 6.07) is 15.2. The van der Waals surface area contributed by atoms with Crippen LogP contribution in [0.15, 0.2) is 54.6 Å². The summed E-state index contributed by atoms with van der Waals surface area (Å²) in [7, 11) is 0. The van der Waals surface area contributed by atoms with E-state index in [0.717, 1.165) is 5.56 Å². The fourth-order valence-corrected chi connectivity index (χ4v) is 2.92. The van der Waals surface area contributed by atoms with Crippen LogP contribution in [0.25, 0.3) is 0 Å². The second-order valence-electron chi connectivity index (χ2n) is 4.91. The summed E-state index contributed by atoms with van der Waals surface area (Å²) in [6.07, 6.45) is 0. The maximum atomic E-state index is 12.9. The number of nitrogens with zero attached hydrogens (tertiary/aromatic N) is 1. The number of thiazole rings is 1. The lowest BCUT2D eigenvalue weighted by Gasteiger charge is -2.01. The maximum absolute atomic E-state index is 12.9. The highest BCUT2D eigenvalue weighted by Gasteiger charge is 2.17. The SMILES string of the molecule is Nc1nc(NCc2ccccc2)sc1C(=O)c1ccc(F)cc1. The number of nitrogen functional groups attached to an aromatic ring is 1. The van der Waals surface area contributed by atoms with Crippen molar-refractivity contribution in [2.75, 3.05) is 11.1 Å². The number of aromatic nitrogens is 1. The molecule has 0 spiro atoms. The van der Waals surface area contributed by atoms with Crippen molar-refractivity contribution in [2.24, 2.45) is 0 Å². The molecule has 3 aromatic rings. The van der Waals surface area contributed by atoms with Gasteiger partial charge >= 0.3 is 0 Å². The summed E-state index contributed by atoms with van der Waals surface area (Å²) in [4.78, 5) is 16.9. The molecule has 116 valence electrons. The lowest BCUT2D eigenvalue weighted by molar-refractivity contribution is 0.104. The zero-order valence-corrected chi connectivity index (χ0v) is 12.9. The fraction of sp³-hybridized carbons (Fsp3) is 0.0588. The van der Waals surface area contributed by atoms with E-state index >= 15 is 0 Å². The van der Waals surface area contributed by atoms with Crippen molar-refractivity contribution in [3.05, 3.63) is 76.4 Å². The van der Waals surface area contributed by atoms with Crippen molar-refractivity contribution in [3.63, 3.8) is 0 Å². The Kier molecular flexibility index (Phi) is 4.34. The zero-order valence-electron chi connectivity index (χ0n) is 12.1. The number of rotatable bonds is 5. The molecule has 0 fully saturated rings. The Morgan fingerprint density at radius 1 is 1.13 bits per heavy atom. The number of benzene rings is 2. The molecule has 1 aromatic heterocycles. The van der Waals surface area contributed by atoms with Gasteiger partial charge in [-0.05, 0) is 29.8 Å². The molecule has 6 heteroatoms. The van der Waals surface area contributed by atoms with Crippen molar-refractivity contribution in [2.45, 2.75) is 6.54 Å². The van der Waals surface area contributed by atoms with E-state index in [4.69, 9.17) is 5.73 Å². The molecule has 23 heavy (non-hydrogen) atoms.